The molecule has 0 heterocycles. The molecule has 0 atom stereocenters. The molecule has 2 N–H and O–H groups in total. The fraction of sp³-hybridized carbons (Fsp3) is 0.104. The highest BCUT2D eigenvalue weighted by Crippen LogP contribution is 2.41. The standard InChI is InChI=1S/C48H36N4O2/c49-29-45-41-22-16-32(31-54-24-7-6-15-48(51)53)25-43(41)44-28-37(20-23-42(44)46(45)30-50)34-17-18-36-27-39(21-19-35(36)26-34)52(38-11-2-1-3-12-38)47-14-8-10-33-9-4-5-13-40(33)47/h1-5,8-14,16-23,25-28H,6-7,15,24,31H2,(H2,51,53). The zero-order valence-electron chi connectivity index (χ0n) is 29.6. The molecule has 8 rings (SSSR count). The number of primary amides is 1. The number of amides is 1. The lowest BCUT2D eigenvalue weighted by atomic mass is 9.89. The second kappa shape index (κ2) is 14.9. The molecule has 0 aliphatic heterocycles. The van der Waals surface area contributed by atoms with E-state index in [4.69, 9.17) is 10.5 Å². The lowest BCUT2D eigenvalue weighted by Crippen LogP contribution is -2.10. The van der Waals surface area contributed by atoms with Gasteiger partial charge in [0.15, 0.2) is 0 Å². The molecule has 0 radical (unpaired) electrons. The summed E-state index contributed by atoms with van der Waals surface area (Å²) in [4.78, 5) is 13.4. The molecule has 0 unspecified atom stereocenters. The molecule has 0 saturated heterocycles. The van der Waals surface area contributed by atoms with Crippen LogP contribution in [-0.2, 0) is 16.1 Å². The Morgan fingerprint density at radius 3 is 2.04 bits per heavy atom. The molecular weight excluding hydrogens is 665 g/mol. The number of nitrogens with zero attached hydrogens (tertiary/aromatic N) is 3. The first-order valence-corrected chi connectivity index (χ1v) is 18.1. The zero-order chi connectivity index (χ0) is 37.0. The summed E-state index contributed by atoms with van der Waals surface area (Å²) >= 11 is 0. The predicted molar refractivity (Wildman–Crippen MR) is 219 cm³/mol. The Kier molecular flexibility index (Phi) is 9.43. The smallest absolute Gasteiger partial charge is 0.217 e. The number of nitrogens with two attached hydrogens (primary N) is 1. The van der Waals surface area contributed by atoms with Crippen molar-refractivity contribution in [2.75, 3.05) is 11.5 Å². The Labute approximate surface area is 313 Å². The lowest BCUT2D eigenvalue weighted by Gasteiger charge is -2.27. The largest absolute Gasteiger partial charge is 0.377 e. The van der Waals surface area contributed by atoms with Crippen LogP contribution in [0.5, 0.6) is 0 Å². The van der Waals surface area contributed by atoms with Gasteiger partial charge in [0.05, 0.1) is 23.4 Å². The maximum Gasteiger partial charge on any atom is 0.217 e. The summed E-state index contributed by atoms with van der Waals surface area (Å²) in [7, 11) is 0. The molecule has 0 saturated carbocycles. The lowest BCUT2D eigenvalue weighted by molar-refractivity contribution is -0.118. The average molecular weight is 701 g/mol. The molecule has 0 aromatic heterocycles. The molecule has 6 heteroatoms. The normalized spacial score (nSPS) is 11.1. The molecule has 0 spiro atoms. The van der Waals surface area contributed by atoms with E-state index in [1.165, 1.54) is 10.8 Å². The van der Waals surface area contributed by atoms with Gasteiger partial charge in [-0.1, -0.05) is 97.1 Å². The maximum atomic E-state index is 11.0. The Morgan fingerprint density at radius 1 is 0.574 bits per heavy atom. The van der Waals surface area contributed by atoms with Crippen molar-refractivity contribution in [2.24, 2.45) is 5.73 Å². The minimum Gasteiger partial charge on any atom is -0.377 e. The van der Waals surface area contributed by atoms with E-state index in [1.54, 1.807) is 0 Å². The van der Waals surface area contributed by atoms with E-state index in [0.717, 1.165) is 72.5 Å². The molecule has 0 aliphatic carbocycles. The molecular formula is C48H36N4O2. The highest BCUT2D eigenvalue weighted by atomic mass is 16.5. The van der Waals surface area contributed by atoms with E-state index in [9.17, 15) is 15.3 Å². The summed E-state index contributed by atoms with van der Waals surface area (Å²) in [6.07, 6.45) is 1.79. The van der Waals surface area contributed by atoms with Crippen LogP contribution in [0.3, 0.4) is 0 Å². The number of carbonyl (C=O) groups is 1. The molecule has 8 aromatic carbocycles. The second-order valence-corrected chi connectivity index (χ2v) is 13.5. The number of hydrogen-bond donors (Lipinski definition) is 1. The van der Waals surface area contributed by atoms with Crippen LogP contribution in [0.2, 0.25) is 0 Å². The Hall–Kier alpha value is -6.99. The monoisotopic (exact) mass is 700 g/mol. The van der Waals surface area contributed by atoms with Gasteiger partial charge in [0.2, 0.25) is 5.91 Å². The summed E-state index contributed by atoms with van der Waals surface area (Å²) in [6, 6.07) is 55.1. The first kappa shape index (κ1) is 34.1. The minimum absolute atomic E-state index is 0.304. The van der Waals surface area contributed by atoms with E-state index < -0.39 is 0 Å². The van der Waals surface area contributed by atoms with Crippen molar-refractivity contribution in [1.82, 2.24) is 0 Å². The van der Waals surface area contributed by atoms with E-state index in [1.807, 2.05) is 30.3 Å². The summed E-state index contributed by atoms with van der Waals surface area (Å²) < 4.78 is 5.92. The van der Waals surface area contributed by atoms with Gasteiger partial charge in [-0.2, -0.15) is 10.5 Å². The minimum atomic E-state index is -0.304. The van der Waals surface area contributed by atoms with Gasteiger partial charge < -0.3 is 15.4 Å². The summed E-state index contributed by atoms with van der Waals surface area (Å²) in [6.45, 7) is 0.911. The number of rotatable bonds is 11. The Morgan fingerprint density at radius 2 is 1.24 bits per heavy atom. The highest BCUT2D eigenvalue weighted by molar-refractivity contribution is 6.14. The van der Waals surface area contributed by atoms with E-state index >= 15 is 0 Å². The molecule has 260 valence electrons. The number of carbonyl (C=O) groups excluding carboxylic acids is 1. The Bertz CT molecular complexity index is 2790. The van der Waals surface area contributed by atoms with Crippen LogP contribution < -0.4 is 10.6 Å². The van der Waals surface area contributed by atoms with Crippen molar-refractivity contribution in [2.45, 2.75) is 25.9 Å². The van der Waals surface area contributed by atoms with Crippen molar-refractivity contribution in [3.05, 3.63) is 162 Å². The maximum absolute atomic E-state index is 11.0. The average Bonchev–Trinajstić information content (AvgIpc) is 3.21. The summed E-state index contributed by atoms with van der Waals surface area (Å²) in [5, 5.41) is 28.2. The summed E-state index contributed by atoms with van der Waals surface area (Å²) in [5.74, 6) is -0.304. The van der Waals surface area contributed by atoms with Crippen molar-refractivity contribution >= 4 is 66.1 Å². The van der Waals surface area contributed by atoms with Gasteiger partial charge >= 0.3 is 0 Å². The van der Waals surface area contributed by atoms with Crippen molar-refractivity contribution < 1.29 is 9.53 Å². The molecule has 8 aromatic rings. The molecule has 0 bridgehead atoms. The van der Waals surface area contributed by atoms with E-state index in [2.05, 4.69) is 132 Å². The van der Waals surface area contributed by atoms with Gasteiger partial charge in [-0.15, -0.1) is 0 Å². The fourth-order valence-electron chi connectivity index (χ4n) is 7.44. The van der Waals surface area contributed by atoms with E-state index in [0.29, 0.717) is 37.2 Å². The number of anilines is 3. The van der Waals surface area contributed by atoms with Crippen LogP contribution >= 0.6 is 0 Å². The van der Waals surface area contributed by atoms with Crippen LogP contribution in [0.1, 0.15) is 36.0 Å². The summed E-state index contributed by atoms with van der Waals surface area (Å²) in [5.41, 5.74) is 12.3. The molecule has 0 aliphatic rings. The molecule has 1 amide bonds. The molecule has 54 heavy (non-hydrogen) atoms. The highest BCUT2D eigenvalue weighted by Gasteiger charge is 2.18. The van der Waals surface area contributed by atoms with Crippen LogP contribution in [0, 0.1) is 22.7 Å². The van der Waals surface area contributed by atoms with Gasteiger partial charge in [0, 0.05) is 40.6 Å². The number of unbranched alkanes of at least 4 members (excludes halogenated alkanes) is 1. The quantitative estimate of drug-likeness (QED) is 0.107. The van der Waals surface area contributed by atoms with Gasteiger partial charge in [-0.3, -0.25) is 4.79 Å². The van der Waals surface area contributed by atoms with Gasteiger partial charge in [-0.05, 0) is 105 Å². The van der Waals surface area contributed by atoms with Gasteiger partial charge in [0.25, 0.3) is 0 Å². The van der Waals surface area contributed by atoms with Crippen LogP contribution in [-0.4, -0.2) is 12.5 Å². The van der Waals surface area contributed by atoms with Gasteiger partial charge in [-0.25, -0.2) is 0 Å². The predicted octanol–water partition coefficient (Wildman–Crippen LogP) is 11.4. The number of fused-ring (bicyclic) bond motifs is 5. The topological polar surface area (TPSA) is 103 Å². The number of hydrogen-bond acceptors (Lipinski definition) is 5. The number of nitriles is 2. The first-order chi connectivity index (χ1) is 26.5. The zero-order valence-corrected chi connectivity index (χ0v) is 29.6. The number of para-hydroxylation sites is 1. The van der Waals surface area contributed by atoms with Crippen molar-refractivity contribution in [3.8, 4) is 23.3 Å². The fourth-order valence-corrected chi connectivity index (χ4v) is 7.44. The third kappa shape index (κ3) is 6.59. The van der Waals surface area contributed by atoms with Crippen molar-refractivity contribution in [3.63, 3.8) is 0 Å². The number of benzene rings is 8. The van der Waals surface area contributed by atoms with E-state index in [-0.39, 0.29) is 5.91 Å². The molecule has 0 fully saturated rings. The first-order valence-electron chi connectivity index (χ1n) is 18.1. The second-order valence-electron chi connectivity index (χ2n) is 13.5. The van der Waals surface area contributed by atoms with Crippen LogP contribution in [0.4, 0.5) is 17.1 Å². The number of ether oxygens (including phenoxy) is 1. The third-order valence-corrected chi connectivity index (χ3v) is 10.1. The molecule has 6 nitrogen and oxygen atoms in total. The van der Waals surface area contributed by atoms with Crippen LogP contribution in [0.15, 0.2) is 146 Å². The van der Waals surface area contributed by atoms with Crippen molar-refractivity contribution in [1.29, 1.82) is 10.5 Å². The van der Waals surface area contributed by atoms with Gasteiger partial charge in [0.1, 0.15) is 12.1 Å². The van der Waals surface area contributed by atoms with Crippen LogP contribution in [0.25, 0.3) is 54.2 Å². The SMILES string of the molecule is N#Cc1c(C#N)c2ccc(-c3ccc4cc(N(c5ccccc5)c5cccc6ccccc56)ccc4c3)cc2c2cc(COCCCCC(N)=O)ccc12. The Balaban J connectivity index is 1.17. The third-order valence-electron chi connectivity index (χ3n) is 10.1.